The molecular formula is C13H22NO6PS. The van der Waals surface area contributed by atoms with Crippen LogP contribution in [0.1, 0.15) is 19.4 Å². The minimum Gasteiger partial charge on any atom is -0.497 e. The molecule has 1 aromatic carbocycles. The van der Waals surface area contributed by atoms with Crippen molar-refractivity contribution >= 4 is 17.6 Å². The molecule has 0 fully saturated rings. The first-order chi connectivity index (χ1) is 10.3. The lowest BCUT2D eigenvalue weighted by Crippen LogP contribution is -2.26. The van der Waals surface area contributed by atoms with Gasteiger partial charge in [0.1, 0.15) is 5.75 Å². The first-order valence-electron chi connectivity index (χ1n) is 6.82. The van der Waals surface area contributed by atoms with Crippen molar-refractivity contribution in [1.29, 1.82) is 0 Å². The Hall–Kier alpha value is -0.920. The molecule has 0 unspecified atom stereocenters. The Kier molecular flexibility index (Phi) is 7.52. The van der Waals surface area contributed by atoms with E-state index in [1.807, 2.05) is 0 Å². The molecule has 9 heteroatoms. The normalized spacial score (nSPS) is 12.3. The summed E-state index contributed by atoms with van der Waals surface area (Å²) in [6.07, 6.45) is 0. The number of hydrogen-bond acceptors (Lipinski definition) is 6. The van der Waals surface area contributed by atoms with Gasteiger partial charge in [0.15, 0.2) is 5.49 Å². The molecule has 0 bridgehead atoms. The second-order valence-electron chi connectivity index (χ2n) is 4.36. The van der Waals surface area contributed by atoms with Crippen LogP contribution in [0.3, 0.4) is 0 Å². The molecule has 0 saturated heterocycles. The van der Waals surface area contributed by atoms with E-state index in [1.165, 1.54) is 0 Å². The Morgan fingerprint density at radius 3 is 2.09 bits per heavy atom. The fraction of sp³-hybridized carbons (Fsp3) is 0.538. The predicted octanol–water partition coefficient (Wildman–Crippen LogP) is 2.34. The third-order valence-corrected chi connectivity index (χ3v) is 7.15. The summed E-state index contributed by atoms with van der Waals surface area (Å²) in [6, 6.07) is 6.95. The molecule has 126 valence electrons. The highest BCUT2D eigenvalue weighted by Gasteiger charge is 2.31. The standard InChI is InChI=1S/C13H22NO6PS/c1-4-19-21(15,20-5-2)11-22(16,17)14-10-12-6-8-13(18-3)9-7-12/h6-9,14H,4-5,10-11H2,1-3H3. The minimum absolute atomic E-state index is 0.0879. The highest BCUT2D eigenvalue weighted by Crippen LogP contribution is 2.48. The Labute approximate surface area is 131 Å². The van der Waals surface area contributed by atoms with Gasteiger partial charge in [-0.05, 0) is 31.5 Å². The number of methoxy groups -OCH3 is 1. The van der Waals surface area contributed by atoms with Gasteiger partial charge in [-0.15, -0.1) is 0 Å². The average molecular weight is 351 g/mol. The fourth-order valence-electron chi connectivity index (χ4n) is 1.70. The van der Waals surface area contributed by atoms with Gasteiger partial charge in [-0.25, -0.2) is 13.1 Å². The molecule has 22 heavy (non-hydrogen) atoms. The lowest BCUT2D eigenvalue weighted by molar-refractivity contribution is 0.223. The summed E-state index contributed by atoms with van der Waals surface area (Å²) in [6.45, 7) is 3.58. The van der Waals surface area contributed by atoms with Gasteiger partial charge >= 0.3 is 7.60 Å². The summed E-state index contributed by atoms with van der Waals surface area (Å²) in [5, 5.41) is 0. The lowest BCUT2D eigenvalue weighted by atomic mass is 10.2. The van der Waals surface area contributed by atoms with Gasteiger partial charge in [0, 0.05) is 6.54 Å². The summed E-state index contributed by atoms with van der Waals surface area (Å²) in [5.41, 5.74) is 0.0599. The van der Waals surface area contributed by atoms with Crippen molar-refractivity contribution in [3.05, 3.63) is 29.8 Å². The summed E-state index contributed by atoms with van der Waals surface area (Å²) in [7, 11) is -5.88. The number of benzene rings is 1. The van der Waals surface area contributed by atoms with E-state index in [9.17, 15) is 13.0 Å². The van der Waals surface area contributed by atoms with Crippen LogP contribution in [0.2, 0.25) is 0 Å². The number of sulfonamides is 1. The number of ether oxygens (including phenoxy) is 1. The molecule has 0 aliphatic carbocycles. The smallest absolute Gasteiger partial charge is 0.347 e. The highest BCUT2D eigenvalue weighted by atomic mass is 32.2. The van der Waals surface area contributed by atoms with Crippen LogP contribution in [0.5, 0.6) is 5.75 Å². The van der Waals surface area contributed by atoms with Crippen molar-refractivity contribution in [1.82, 2.24) is 4.72 Å². The highest BCUT2D eigenvalue weighted by molar-refractivity contribution is 7.96. The fourth-order valence-corrected chi connectivity index (χ4v) is 5.57. The Balaban J connectivity index is 2.67. The van der Waals surface area contributed by atoms with Crippen LogP contribution in [0.25, 0.3) is 0 Å². The SMILES string of the molecule is CCOP(=O)(CS(=O)(=O)NCc1ccc(OC)cc1)OCC. The maximum Gasteiger partial charge on any atom is 0.347 e. The molecule has 0 radical (unpaired) electrons. The molecular weight excluding hydrogens is 329 g/mol. The van der Waals surface area contributed by atoms with E-state index in [0.29, 0.717) is 5.75 Å². The predicted molar refractivity (Wildman–Crippen MR) is 84.5 cm³/mol. The second-order valence-corrected chi connectivity index (χ2v) is 8.65. The number of rotatable bonds is 10. The molecule has 0 amide bonds. The molecule has 1 aromatic rings. The number of nitrogens with one attached hydrogen (secondary N) is 1. The van der Waals surface area contributed by atoms with Crippen LogP contribution in [0.15, 0.2) is 24.3 Å². The van der Waals surface area contributed by atoms with Gasteiger partial charge in [-0.3, -0.25) is 4.57 Å². The van der Waals surface area contributed by atoms with Gasteiger partial charge in [0.05, 0.1) is 20.3 Å². The van der Waals surface area contributed by atoms with E-state index in [2.05, 4.69) is 4.72 Å². The van der Waals surface area contributed by atoms with Crippen molar-refractivity contribution in [2.45, 2.75) is 20.4 Å². The lowest BCUT2D eigenvalue weighted by Gasteiger charge is -2.17. The third-order valence-electron chi connectivity index (χ3n) is 2.63. The van der Waals surface area contributed by atoms with Crippen LogP contribution in [0, 0.1) is 0 Å². The molecule has 0 spiro atoms. The largest absolute Gasteiger partial charge is 0.497 e. The van der Waals surface area contributed by atoms with Crippen LogP contribution in [-0.2, 0) is 30.2 Å². The summed E-state index contributed by atoms with van der Waals surface area (Å²) in [4.78, 5) is 0. The average Bonchev–Trinajstić information content (AvgIpc) is 2.45. The molecule has 0 aliphatic heterocycles. The zero-order valence-corrected chi connectivity index (χ0v) is 14.7. The van der Waals surface area contributed by atoms with Crippen molar-refractivity contribution in [2.75, 3.05) is 25.8 Å². The molecule has 0 atom stereocenters. The van der Waals surface area contributed by atoms with Crippen LogP contribution in [0.4, 0.5) is 0 Å². The molecule has 1 rings (SSSR count). The number of hydrogen-bond donors (Lipinski definition) is 1. The van der Waals surface area contributed by atoms with E-state index in [-0.39, 0.29) is 19.8 Å². The zero-order chi connectivity index (χ0) is 16.6. The van der Waals surface area contributed by atoms with Crippen molar-refractivity contribution < 1.29 is 26.8 Å². The maximum absolute atomic E-state index is 12.2. The van der Waals surface area contributed by atoms with Gasteiger partial charge in [-0.2, -0.15) is 0 Å². The van der Waals surface area contributed by atoms with Gasteiger partial charge in [0.2, 0.25) is 10.0 Å². The Morgan fingerprint density at radius 1 is 1.09 bits per heavy atom. The summed E-state index contributed by atoms with van der Waals surface area (Å²) >= 11 is 0. The van der Waals surface area contributed by atoms with Crippen LogP contribution < -0.4 is 9.46 Å². The van der Waals surface area contributed by atoms with E-state index in [4.69, 9.17) is 13.8 Å². The molecule has 0 aliphatic rings. The van der Waals surface area contributed by atoms with Gasteiger partial charge in [0.25, 0.3) is 0 Å². The maximum atomic E-state index is 12.2. The topological polar surface area (TPSA) is 90.9 Å². The van der Waals surface area contributed by atoms with Crippen LogP contribution in [-0.4, -0.2) is 34.2 Å². The quantitative estimate of drug-likeness (QED) is 0.651. The molecule has 0 saturated carbocycles. The molecule has 0 aromatic heterocycles. The molecule has 0 heterocycles. The van der Waals surface area contributed by atoms with Gasteiger partial charge < -0.3 is 13.8 Å². The summed E-state index contributed by atoms with van der Waals surface area (Å²) < 4.78 is 53.7. The monoisotopic (exact) mass is 351 g/mol. The van der Waals surface area contributed by atoms with E-state index in [0.717, 1.165) is 5.56 Å². The minimum atomic E-state index is -3.79. The first-order valence-corrected chi connectivity index (χ1v) is 10.2. The Morgan fingerprint density at radius 2 is 1.64 bits per heavy atom. The van der Waals surface area contributed by atoms with Crippen LogP contribution >= 0.6 is 7.60 Å². The molecule has 1 N–H and O–H groups in total. The van der Waals surface area contributed by atoms with Crippen molar-refractivity contribution in [2.24, 2.45) is 0 Å². The van der Waals surface area contributed by atoms with Crippen molar-refractivity contribution in [3.8, 4) is 5.75 Å². The molecule has 7 nitrogen and oxygen atoms in total. The van der Waals surface area contributed by atoms with E-state index >= 15 is 0 Å². The third kappa shape index (κ3) is 6.46. The Bertz CT molecular complexity index is 591. The van der Waals surface area contributed by atoms with Gasteiger partial charge in [-0.1, -0.05) is 12.1 Å². The second kappa shape index (κ2) is 8.64. The van der Waals surface area contributed by atoms with E-state index < -0.39 is 23.1 Å². The zero-order valence-electron chi connectivity index (χ0n) is 12.9. The summed E-state index contributed by atoms with van der Waals surface area (Å²) in [5.74, 6) is 0.684. The van der Waals surface area contributed by atoms with E-state index in [1.54, 1.807) is 45.2 Å². The first kappa shape index (κ1) is 19.1. The van der Waals surface area contributed by atoms with Crippen molar-refractivity contribution in [3.63, 3.8) is 0 Å².